The summed E-state index contributed by atoms with van der Waals surface area (Å²) in [5.74, 6) is -0.240. The number of rotatable bonds is 4. The topological polar surface area (TPSA) is 87.7 Å². The van der Waals surface area contributed by atoms with Gasteiger partial charge < -0.3 is 20.3 Å². The molecule has 0 radical (unpaired) electrons. The van der Waals surface area contributed by atoms with E-state index in [1.54, 1.807) is 25.7 Å². The van der Waals surface area contributed by atoms with Crippen LogP contribution in [0.3, 0.4) is 0 Å². The molecule has 0 unspecified atom stereocenters. The van der Waals surface area contributed by atoms with Gasteiger partial charge in [0.15, 0.2) is 0 Å². The summed E-state index contributed by atoms with van der Waals surface area (Å²) >= 11 is 0. The minimum Gasteiger partial charge on any atom is -0.444 e. The maximum absolute atomic E-state index is 12.3. The number of hydrogen-bond donors (Lipinski definition) is 2. The van der Waals surface area contributed by atoms with Crippen molar-refractivity contribution in [2.45, 2.75) is 52.2 Å². The van der Waals surface area contributed by atoms with Crippen LogP contribution in [0.15, 0.2) is 24.3 Å². The zero-order valence-corrected chi connectivity index (χ0v) is 16.5. The molecule has 148 valence electrons. The minimum absolute atomic E-state index is 0.0432. The van der Waals surface area contributed by atoms with Crippen LogP contribution in [0.25, 0.3) is 0 Å². The molecule has 1 aliphatic rings. The van der Waals surface area contributed by atoms with Crippen LogP contribution in [0.5, 0.6) is 0 Å². The van der Waals surface area contributed by atoms with Gasteiger partial charge in [-0.25, -0.2) is 4.79 Å². The van der Waals surface area contributed by atoms with Crippen molar-refractivity contribution in [2.24, 2.45) is 0 Å². The first kappa shape index (κ1) is 20.7. The van der Waals surface area contributed by atoms with Gasteiger partial charge in [0, 0.05) is 24.7 Å². The Balaban J connectivity index is 1.73. The van der Waals surface area contributed by atoms with Crippen molar-refractivity contribution in [1.82, 2.24) is 15.5 Å². The number of hydrogen-bond acceptors (Lipinski definition) is 4. The number of amides is 3. The number of benzene rings is 1. The lowest BCUT2D eigenvalue weighted by atomic mass is 10.0. The van der Waals surface area contributed by atoms with Gasteiger partial charge >= 0.3 is 6.09 Å². The van der Waals surface area contributed by atoms with Crippen LogP contribution >= 0.6 is 0 Å². The SMILES string of the molecule is Cc1ccc(C(=O)NC2CCN(C(=O)CNC(=O)OC(C)(C)C)CC2)cc1. The molecular formula is C20H29N3O4. The molecule has 0 atom stereocenters. The molecule has 0 bridgehead atoms. The Morgan fingerprint density at radius 2 is 1.70 bits per heavy atom. The fraction of sp³-hybridized carbons (Fsp3) is 0.550. The molecule has 2 rings (SSSR count). The molecule has 2 N–H and O–H groups in total. The lowest BCUT2D eigenvalue weighted by Crippen LogP contribution is -2.49. The number of alkyl carbamates (subject to hydrolysis) is 1. The smallest absolute Gasteiger partial charge is 0.408 e. The highest BCUT2D eigenvalue weighted by Crippen LogP contribution is 2.12. The summed E-state index contributed by atoms with van der Waals surface area (Å²) in [5.41, 5.74) is 1.15. The number of carbonyl (C=O) groups is 3. The van der Waals surface area contributed by atoms with Crippen LogP contribution in [-0.2, 0) is 9.53 Å². The molecule has 1 aliphatic heterocycles. The van der Waals surface area contributed by atoms with Gasteiger partial charge in [-0.15, -0.1) is 0 Å². The predicted octanol–water partition coefficient (Wildman–Crippen LogP) is 2.24. The molecule has 1 heterocycles. The highest BCUT2D eigenvalue weighted by atomic mass is 16.6. The summed E-state index contributed by atoms with van der Waals surface area (Å²) in [7, 11) is 0. The van der Waals surface area contributed by atoms with Crippen molar-refractivity contribution in [1.29, 1.82) is 0 Å². The minimum atomic E-state index is -0.601. The van der Waals surface area contributed by atoms with Gasteiger partial charge in [-0.1, -0.05) is 17.7 Å². The average molecular weight is 375 g/mol. The number of ether oxygens (including phenoxy) is 1. The Bertz CT molecular complexity index is 671. The normalized spacial score (nSPS) is 15.2. The second-order valence-electron chi connectivity index (χ2n) is 7.85. The lowest BCUT2D eigenvalue weighted by molar-refractivity contribution is -0.131. The number of piperidine rings is 1. The van der Waals surface area contributed by atoms with E-state index in [9.17, 15) is 14.4 Å². The van der Waals surface area contributed by atoms with Crippen molar-refractivity contribution < 1.29 is 19.1 Å². The number of nitrogens with zero attached hydrogens (tertiary/aromatic N) is 1. The van der Waals surface area contributed by atoms with E-state index in [1.807, 2.05) is 31.2 Å². The van der Waals surface area contributed by atoms with Crippen molar-refractivity contribution >= 4 is 17.9 Å². The molecule has 0 saturated carbocycles. The second-order valence-corrected chi connectivity index (χ2v) is 7.85. The summed E-state index contributed by atoms with van der Waals surface area (Å²) in [6.07, 6.45) is 0.780. The highest BCUT2D eigenvalue weighted by Gasteiger charge is 2.25. The van der Waals surface area contributed by atoms with Gasteiger partial charge in [0.2, 0.25) is 5.91 Å². The van der Waals surface area contributed by atoms with Crippen molar-refractivity contribution in [3.63, 3.8) is 0 Å². The van der Waals surface area contributed by atoms with E-state index in [4.69, 9.17) is 4.74 Å². The molecule has 0 aliphatic carbocycles. The summed E-state index contributed by atoms with van der Waals surface area (Å²) < 4.78 is 5.12. The average Bonchev–Trinajstić information content (AvgIpc) is 2.59. The first-order valence-corrected chi connectivity index (χ1v) is 9.26. The Labute approximate surface area is 160 Å². The third kappa shape index (κ3) is 6.92. The maximum Gasteiger partial charge on any atom is 0.408 e. The van der Waals surface area contributed by atoms with E-state index in [-0.39, 0.29) is 24.4 Å². The van der Waals surface area contributed by atoms with Crippen LogP contribution in [0.4, 0.5) is 4.79 Å². The first-order chi connectivity index (χ1) is 12.6. The molecular weight excluding hydrogens is 346 g/mol. The van der Waals surface area contributed by atoms with E-state index >= 15 is 0 Å². The molecule has 1 aromatic carbocycles. The van der Waals surface area contributed by atoms with Gasteiger partial charge in [0.25, 0.3) is 5.91 Å². The Morgan fingerprint density at radius 3 is 2.26 bits per heavy atom. The molecule has 27 heavy (non-hydrogen) atoms. The zero-order chi connectivity index (χ0) is 20.0. The van der Waals surface area contributed by atoms with E-state index in [0.29, 0.717) is 31.5 Å². The zero-order valence-electron chi connectivity index (χ0n) is 16.5. The van der Waals surface area contributed by atoms with Crippen LogP contribution in [0, 0.1) is 6.92 Å². The van der Waals surface area contributed by atoms with Gasteiger partial charge in [-0.05, 0) is 52.7 Å². The number of carbonyl (C=O) groups excluding carboxylic acids is 3. The van der Waals surface area contributed by atoms with E-state index in [0.717, 1.165) is 5.56 Å². The quantitative estimate of drug-likeness (QED) is 0.845. The van der Waals surface area contributed by atoms with Gasteiger partial charge in [0.1, 0.15) is 12.1 Å². The molecule has 0 spiro atoms. The molecule has 0 aromatic heterocycles. The van der Waals surface area contributed by atoms with Crippen molar-refractivity contribution in [3.05, 3.63) is 35.4 Å². The first-order valence-electron chi connectivity index (χ1n) is 9.26. The van der Waals surface area contributed by atoms with Crippen LogP contribution in [-0.4, -0.2) is 54.1 Å². The molecule has 3 amide bonds. The molecule has 7 heteroatoms. The summed E-state index contributed by atoms with van der Waals surface area (Å²) in [5, 5.41) is 5.51. The monoisotopic (exact) mass is 375 g/mol. The van der Waals surface area contributed by atoms with Gasteiger partial charge in [-0.3, -0.25) is 9.59 Å². The maximum atomic E-state index is 12.3. The third-order valence-electron chi connectivity index (χ3n) is 4.28. The molecule has 1 saturated heterocycles. The van der Waals surface area contributed by atoms with Gasteiger partial charge in [-0.2, -0.15) is 0 Å². The van der Waals surface area contributed by atoms with Crippen LogP contribution in [0.2, 0.25) is 0 Å². The Hall–Kier alpha value is -2.57. The van der Waals surface area contributed by atoms with Crippen LogP contribution in [0.1, 0.15) is 49.5 Å². The highest BCUT2D eigenvalue weighted by molar-refractivity contribution is 5.94. The summed E-state index contributed by atoms with van der Waals surface area (Å²) in [6.45, 7) is 8.29. The Kier molecular flexibility index (Phi) is 6.82. The number of nitrogens with one attached hydrogen (secondary N) is 2. The standard InChI is InChI=1S/C20H29N3O4/c1-14-5-7-15(8-6-14)18(25)22-16-9-11-23(12-10-16)17(24)13-21-19(26)27-20(2,3)4/h5-8,16H,9-13H2,1-4H3,(H,21,26)(H,22,25). The fourth-order valence-corrected chi connectivity index (χ4v) is 2.82. The van der Waals surface area contributed by atoms with Crippen molar-refractivity contribution in [2.75, 3.05) is 19.6 Å². The van der Waals surface area contributed by atoms with Crippen molar-refractivity contribution in [3.8, 4) is 0 Å². The third-order valence-corrected chi connectivity index (χ3v) is 4.28. The predicted molar refractivity (Wildman–Crippen MR) is 102 cm³/mol. The van der Waals surface area contributed by atoms with Crippen LogP contribution < -0.4 is 10.6 Å². The second kappa shape index (κ2) is 8.88. The molecule has 1 aromatic rings. The summed E-state index contributed by atoms with van der Waals surface area (Å²) in [4.78, 5) is 37.8. The largest absolute Gasteiger partial charge is 0.444 e. The van der Waals surface area contributed by atoms with E-state index in [2.05, 4.69) is 10.6 Å². The van der Waals surface area contributed by atoms with E-state index in [1.165, 1.54) is 0 Å². The fourth-order valence-electron chi connectivity index (χ4n) is 2.82. The lowest BCUT2D eigenvalue weighted by Gasteiger charge is -2.32. The Morgan fingerprint density at radius 1 is 1.11 bits per heavy atom. The summed E-state index contributed by atoms with van der Waals surface area (Å²) in [6, 6.07) is 7.49. The number of aryl methyl sites for hydroxylation is 1. The van der Waals surface area contributed by atoms with E-state index < -0.39 is 11.7 Å². The molecule has 7 nitrogen and oxygen atoms in total. The number of likely N-dealkylation sites (tertiary alicyclic amines) is 1. The molecule has 1 fully saturated rings. The van der Waals surface area contributed by atoms with Gasteiger partial charge in [0.05, 0.1) is 0 Å².